The molecule has 0 aliphatic carbocycles. The van der Waals surface area contributed by atoms with Crippen LogP contribution in [0.25, 0.3) is 10.9 Å². The molecule has 168 valence electrons. The highest BCUT2D eigenvalue weighted by atomic mass is 16.6. The van der Waals surface area contributed by atoms with Crippen LogP contribution in [-0.4, -0.2) is 48.3 Å². The number of fused-ring (bicyclic) bond motifs is 3. The van der Waals surface area contributed by atoms with Crippen molar-refractivity contribution in [3.63, 3.8) is 0 Å². The Morgan fingerprint density at radius 2 is 1.81 bits per heavy atom. The molecule has 3 aromatic rings. The molecule has 4 rings (SSSR count). The molecule has 0 saturated carbocycles. The van der Waals surface area contributed by atoms with Gasteiger partial charge in [0.05, 0.1) is 13.2 Å². The van der Waals surface area contributed by atoms with Gasteiger partial charge >= 0.3 is 12.1 Å². The molecular formula is C25H28N2O5. The Hall–Kier alpha value is -3.48. The average molecular weight is 437 g/mol. The number of hydrogen-bond donors (Lipinski definition) is 1. The molecule has 32 heavy (non-hydrogen) atoms. The second-order valence-electron chi connectivity index (χ2n) is 7.77. The molecule has 0 spiro atoms. The summed E-state index contributed by atoms with van der Waals surface area (Å²) in [7, 11) is 0. The number of carbonyl (C=O) groups is 2. The number of H-pyrrole nitrogens is 1. The minimum atomic E-state index is -0.407. The quantitative estimate of drug-likeness (QED) is 0.575. The first-order valence-corrected chi connectivity index (χ1v) is 10.9. The van der Waals surface area contributed by atoms with Gasteiger partial charge in [-0.3, -0.25) is 4.90 Å². The monoisotopic (exact) mass is 436 g/mol. The Labute approximate surface area is 187 Å². The molecule has 2 heterocycles. The van der Waals surface area contributed by atoms with Crippen molar-refractivity contribution in [2.24, 2.45) is 0 Å². The summed E-state index contributed by atoms with van der Waals surface area (Å²) in [6, 6.07) is 13.5. The van der Waals surface area contributed by atoms with Crippen molar-refractivity contribution in [2.45, 2.75) is 33.2 Å². The van der Waals surface area contributed by atoms with E-state index in [1.807, 2.05) is 19.1 Å². The van der Waals surface area contributed by atoms with Crippen LogP contribution in [0.3, 0.4) is 0 Å². The fourth-order valence-corrected chi connectivity index (χ4v) is 4.24. The Morgan fingerprint density at radius 3 is 2.53 bits per heavy atom. The molecule has 7 heteroatoms. The van der Waals surface area contributed by atoms with Crippen LogP contribution in [0.4, 0.5) is 4.79 Å². The second kappa shape index (κ2) is 9.34. The number of carbonyl (C=O) groups excluding carboxylic acids is 2. The van der Waals surface area contributed by atoms with Crippen LogP contribution in [0.5, 0.6) is 5.75 Å². The number of esters is 1. The summed E-state index contributed by atoms with van der Waals surface area (Å²) >= 11 is 0. The lowest BCUT2D eigenvalue weighted by molar-refractivity contribution is -0.145. The summed E-state index contributed by atoms with van der Waals surface area (Å²) in [4.78, 5) is 29.6. The number of nitrogens with one attached hydrogen (secondary N) is 1. The predicted octanol–water partition coefficient (Wildman–Crippen LogP) is 4.52. The third-order valence-corrected chi connectivity index (χ3v) is 5.64. The van der Waals surface area contributed by atoms with E-state index in [0.717, 1.165) is 23.2 Å². The topological polar surface area (TPSA) is 80.9 Å². The van der Waals surface area contributed by atoms with Crippen molar-refractivity contribution >= 4 is 23.0 Å². The van der Waals surface area contributed by atoms with E-state index in [0.29, 0.717) is 25.5 Å². The fourth-order valence-electron chi connectivity index (χ4n) is 4.24. The van der Waals surface area contributed by atoms with Crippen molar-refractivity contribution in [3.8, 4) is 5.75 Å². The molecule has 1 unspecified atom stereocenters. The maximum atomic E-state index is 12.8. The molecule has 1 amide bonds. The van der Waals surface area contributed by atoms with E-state index >= 15 is 0 Å². The summed E-state index contributed by atoms with van der Waals surface area (Å²) in [5.74, 6) is 0.156. The fraction of sp³-hybridized carbons (Fsp3) is 0.360. The minimum Gasteiger partial charge on any atom is -0.482 e. The Bertz CT molecular complexity index is 1120. The number of nitrogens with zero attached hydrogens (tertiary/aromatic N) is 1. The first-order valence-electron chi connectivity index (χ1n) is 10.9. The maximum Gasteiger partial charge on any atom is 0.410 e. The zero-order valence-corrected chi connectivity index (χ0v) is 18.6. The maximum absolute atomic E-state index is 12.8. The standard InChI is InChI=1S/C25H28N2O5/c1-4-30-22(28)15-32-18-9-7-17(8-10-18)24-23-19(12-13-27(24)25(29)31-5-2)20-14-16(3)6-11-21(20)26-23/h6-11,14,24,26H,4-5,12-13,15H2,1-3H3. The van der Waals surface area contributed by atoms with Crippen molar-refractivity contribution in [3.05, 3.63) is 64.8 Å². The molecule has 2 aromatic carbocycles. The van der Waals surface area contributed by atoms with Crippen LogP contribution in [0.2, 0.25) is 0 Å². The number of aryl methyl sites for hydroxylation is 1. The zero-order chi connectivity index (χ0) is 22.7. The summed E-state index contributed by atoms with van der Waals surface area (Å²) in [5.41, 5.74) is 5.44. The van der Waals surface area contributed by atoms with Crippen molar-refractivity contribution in [2.75, 3.05) is 26.4 Å². The van der Waals surface area contributed by atoms with E-state index < -0.39 is 5.97 Å². The number of amides is 1. The Morgan fingerprint density at radius 1 is 1.06 bits per heavy atom. The van der Waals surface area contributed by atoms with Crippen LogP contribution < -0.4 is 4.74 Å². The molecule has 1 aromatic heterocycles. The van der Waals surface area contributed by atoms with Crippen LogP contribution in [-0.2, 0) is 20.7 Å². The van der Waals surface area contributed by atoms with Crippen molar-refractivity contribution in [1.29, 1.82) is 0 Å². The molecule has 0 bridgehead atoms. The third-order valence-electron chi connectivity index (χ3n) is 5.64. The Kier molecular flexibility index (Phi) is 6.35. The number of aromatic amines is 1. The van der Waals surface area contributed by atoms with Crippen molar-refractivity contribution < 1.29 is 23.8 Å². The van der Waals surface area contributed by atoms with Gasteiger partial charge in [-0.05, 0) is 62.6 Å². The molecular weight excluding hydrogens is 408 g/mol. The van der Waals surface area contributed by atoms with Gasteiger partial charge in [0.2, 0.25) is 0 Å². The third kappa shape index (κ3) is 4.28. The number of aromatic nitrogens is 1. The second-order valence-corrected chi connectivity index (χ2v) is 7.77. The van der Waals surface area contributed by atoms with Gasteiger partial charge < -0.3 is 19.2 Å². The zero-order valence-electron chi connectivity index (χ0n) is 18.6. The summed E-state index contributed by atoms with van der Waals surface area (Å²) in [6.07, 6.45) is 0.426. The SMILES string of the molecule is CCOC(=O)COc1ccc(C2c3[nH]c4ccc(C)cc4c3CCN2C(=O)OCC)cc1. The molecule has 1 N–H and O–H groups in total. The number of benzene rings is 2. The molecule has 1 atom stereocenters. The number of ether oxygens (including phenoxy) is 3. The molecule has 0 fully saturated rings. The van der Waals surface area contributed by atoms with E-state index in [1.54, 1.807) is 24.0 Å². The summed E-state index contributed by atoms with van der Waals surface area (Å²) < 4.78 is 15.8. The molecule has 7 nitrogen and oxygen atoms in total. The van der Waals surface area contributed by atoms with Gasteiger partial charge in [-0.1, -0.05) is 23.8 Å². The van der Waals surface area contributed by atoms with E-state index in [1.165, 1.54) is 16.5 Å². The average Bonchev–Trinajstić information content (AvgIpc) is 3.15. The summed E-state index contributed by atoms with van der Waals surface area (Å²) in [5, 5.41) is 1.20. The minimum absolute atomic E-state index is 0.142. The first-order chi connectivity index (χ1) is 15.5. The van der Waals surface area contributed by atoms with Crippen LogP contribution in [0.15, 0.2) is 42.5 Å². The predicted molar refractivity (Wildman–Crippen MR) is 121 cm³/mol. The van der Waals surface area contributed by atoms with E-state index in [-0.39, 0.29) is 18.7 Å². The van der Waals surface area contributed by atoms with Crippen molar-refractivity contribution in [1.82, 2.24) is 9.88 Å². The van der Waals surface area contributed by atoms with Gasteiger partial charge in [0, 0.05) is 23.1 Å². The lowest BCUT2D eigenvalue weighted by atomic mass is 9.92. The lowest BCUT2D eigenvalue weighted by Gasteiger charge is -2.35. The largest absolute Gasteiger partial charge is 0.482 e. The van der Waals surface area contributed by atoms with Gasteiger partial charge in [-0.2, -0.15) is 0 Å². The smallest absolute Gasteiger partial charge is 0.410 e. The normalized spacial score (nSPS) is 15.3. The highest BCUT2D eigenvalue weighted by molar-refractivity contribution is 5.86. The van der Waals surface area contributed by atoms with E-state index in [9.17, 15) is 9.59 Å². The molecule has 0 saturated heterocycles. The molecule has 0 radical (unpaired) electrons. The summed E-state index contributed by atoms with van der Waals surface area (Å²) in [6.45, 7) is 6.71. The molecule has 1 aliphatic rings. The van der Waals surface area contributed by atoms with Gasteiger partial charge in [0.1, 0.15) is 11.8 Å². The van der Waals surface area contributed by atoms with Gasteiger partial charge in [0.25, 0.3) is 0 Å². The Balaban J connectivity index is 1.68. The van der Waals surface area contributed by atoms with E-state index in [2.05, 4.69) is 30.1 Å². The van der Waals surface area contributed by atoms with E-state index in [4.69, 9.17) is 14.2 Å². The highest BCUT2D eigenvalue weighted by Gasteiger charge is 2.35. The molecule has 1 aliphatic heterocycles. The highest BCUT2D eigenvalue weighted by Crippen LogP contribution is 2.39. The van der Waals surface area contributed by atoms with Crippen LogP contribution in [0, 0.1) is 6.92 Å². The van der Waals surface area contributed by atoms with Gasteiger partial charge in [-0.15, -0.1) is 0 Å². The van der Waals surface area contributed by atoms with Gasteiger partial charge in [0.15, 0.2) is 6.61 Å². The van der Waals surface area contributed by atoms with Crippen LogP contribution >= 0.6 is 0 Å². The van der Waals surface area contributed by atoms with Crippen LogP contribution in [0.1, 0.15) is 42.3 Å². The number of hydrogen-bond acceptors (Lipinski definition) is 5. The number of rotatable bonds is 6. The van der Waals surface area contributed by atoms with Gasteiger partial charge in [-0.25, -0.2) is 9.59 Å². The lowest BCUT2D eigenvalue weighted by Crippen LogP contribution is -2.40. The first kappa shape index (κ1) is 21.7.